The van der Waals surface area contributed by atoms with Crippen LogP contribution < -0.4 is 4.72 Å². The van der Waals surface area contributed by atoms with Crippen molar-refractivity contribution in [1.82, 2.24) is 4.72 Å². The minimum absolute atomic E-state index is 0.0476. The summed E-state index contributed by atoms with van der Waals surface area (Å²) in [7, 11) is -3.17. The lowest BCUT2D eigenvalue weighted by atomic mass is 10.0. The summed E-state index contributed by atoms with van der Waals surface area (Å²) in [6.45, 7) is 1.96. The molecule has 0 radical (unpaired) electrons. The van der Waals surface area contributed by atoms with Crippen LogP contribution in [0.15, 0.2) is 0 Å². The molecule has 5 nitrogen and oxygen atoms in total. The first kappa shape index (κ1) is 13.9. The van der Waals surface area contributed by atoms with Gasteiger partial charge in [-0.1, -0.05) is 0 Å². The Bertz CT molecular complexity index is 273. The number of ether oxygens (including phenoxy) is 1. The zero-order valence-corrected chi connectivity index (χ0v) is 10.3. The van der Waals surface area contributed by atoms with E-state index in [1.165, 1.54) is 0 Å². The van der Waals surface area contributed by atoms with Crippen LogP contribution in [-0.4, -0.2) is 45.6 Å². The number of aliphatic hydroxyl groups excluding tert-OH is 1. The van der Waals surface area contributed by atoms with Gasteiger partial charge in [0.2, 0.25) is 10.0 Å². The fourth-order valence-electron chi connectivity index (χ4n) is 1.69. The van der Waals surface area contributed by atoms with Crippen molar-refractivity contribution in [1.29, 1.82) is 0 Å². The van der Waals surface area contributed by atoms with E-state index < -0.39 is 10.0 Å². The van der Waals surface area contributed by atoms with E-state index in [1.807, 2.05) is 0 Å². The second-order valence-electron chi connectivity index (χ2n) is 4.18. The van der Waals surface area contributed by atoms with Crippen molar-refractivity contribution in [2.24, 2.45) is 5.92 Å². The quantitative estimate of drug-likeness (QED) is 0.630. The van der Waals surface area contributed by atoms with Gasteiger partial charge in [-0.2, -0.15) is 0 Å². The third-order valence-corrected chi connectivity index (χ3v) is 4.10. The third-order valence-electron chi connectivity index (χ3n) is 2.67. The molecule has 0 amide bonds. The maximum absolute atomic E-state index is 11.5. The summed E-state index contributed by atoms with van der Waals surface area (Å²) in [6, 6.07) is 0. The van der Waals surface area contributed by atoms with Crippen LogP contribution in [0.25, 0.3) is 0 Å². The molecule has 1 aliphatic rings. The van der Waals surface area contributed by atoms with E-state index in [1.54, 1.807) is 0 Å². The summed E-state index contributed by atoms with van der Waals surface area (Å²) < 4.78 is 30.9. The van der Waals surface area contributed by atoms with E-state index in [0.29, 0.717) is 31.9 Å². The van der Waals surface area contributed by atoms with Gasteiger partial charge in [-0.25, -0.2) is 13.1 Å². The van der Waals surface area contributed by atoms with Crippen LogP contribution in [0.3, 0.4) is 0 Å². The average Bonchev–Trinajstić information content (AvgIpc) is 2.28. The Labute approximate surface area is 97.2 Å². The van der Waals surface area contributed by atoms with Crippen molar-refractivity contribution in [2.75, 3.05) is 32.1 Å². The number of rotatable bonds is 7. The molecule has 1 aliphatic heterocycles. The Morgan fingerprint density at radius 3 is 2.81 bits per heavy atom. The van der Waals surface area contributed by atoms with Crippen LogP contribution in [0.1, 0.15) is 25.7 Å². The lowest BCUT2D eigenvalue weighted by Crippen LogP contribution is -2.34. The molecule has 0 aliphatic carbocycles. The monoisotopic (exact) mass is 251 g/mol. The Hall–Kier alpha value is -0.170. The van der Waals surface area contributed by atoms with Crippen LogP contribution in [0, 0.1) is 5.92 Å². The molecule has 1 rings (SSSR count). The van der Waals surface area contributed by atoms with Gasteiger partial charge in [-0.15, -0.1) is 0 Å². The third kappa shape index (κ3) is 5.79. The SMILES string of the molecule is O=S(=O)(CCCCO)NCC1CCCOC1. The molecule has 96 valence electrons. The normalized spacial score (nSPS) is 22.2. The summed E-state index contributed by atoms with van der Waals surface area (Å²) in [5.41, 5.74) is 0. The Morgan fingerprint density at radius 2 is 2.19 bits per heavy atom. The highest BCUT2D eigenvalue weighted by Gasteiger charge is 2.17. The molecule has 1 unspecified atom stereocenters. The molecular formula is C10H21NO4S. The topological polar surface area (TPSA) is 75.6 Å². The van der Waals surface area contributed by atoms with Gasteiger partial charge in [0.15, 0.2) is 0 Å². The number of hydrogen-bond donors (Lipinski definition) is 2. The lowest BCUT2D eigenvalue weighted by molar-refractivity contribution is 0.0568. The Balaban J connectivity index is 2.18. The van der Waals surface area contributed by atoms with Gasteiger partial charge in [0.25, 0.3) is 0 Å². The molecule has 1 heterocycles. The standard InChI is InChI=1S/C10H21NO4S/c12-5-1-2-7-16(13,14)11-8-10-4-3-6-15-9-10/h10-12H,1-9H2. The minimum Gasteiger partial charge on any atom is -0.396 e. The van der Waals surface area contributed by atoms with Gasteiger partial charge in [0.1, 0.15) is 0 Å². The highest BCUT2D eigenvalue weighted by atomic mass is 32.2. The summed E-state index contributed by atoms with van der Waals surface area (Å²) in [6.07, 6.45) is 3.08. The van der Waals surface area contributed by atoms with Crippen molar-refractivity contribution < 1.29 is 18.3 Å². The van der Waals surface area contributed by atoms with E-state index >= 15 is 0 Å². The second-order valence-corrected chi connectivity index (χ2v) is 6.11. The van der Waals surface area contributed by atoms with Crippen molar-refractivity contribution >= 4 is 10.0 Å². The predicted octanol–water partition coefficient (Wildman–Crippen LogP) is 0.105. The number of hydrogen-bond acceptors (Lipinski definition) is 4. The molecule has 1 atom stereocenters. The molecule has 0 bridgehead atoms. The second kappa shape index (κ2) is 7.21. The molecular weight excluding hydrogens is 230 g/mol. The fourth-order valence-corrected chi connectivity index (χ4v) is 2.91. The largest absolute Gasteiger partial charge is 0.396 e. The zero-order valence-electron chi connectivity index (χ0n) is 9.52. The van der Waals surface area contributed by atoms with Crippen LogP contribution in [0.4, 0.5) is 0 Å². The molecule has 1 saturated heterocycles. The van der Waals surface area contributed by atoms with Gasteiger partial charge in [0, 0.05) is 19.8 Å². The van der Waals surface area contributed by atoms with Gasteiger partial charge in [-0.3, -0.25) is 0 Å². The minimum atomic E-state index is -3.17. The van der Waals surface area contributed by atoms with E-state index in [4.69, 9.17) is 9.84 Å². The number of nitrogens with one attached hydrogen (secondary N) is 1. The highest BCUT2D eigenvalue weighted by Crippen LogP contribution is 2.12. The highest BCUT2D eigenvalue weighted by molar-refractivity contribution is 7.89. The Kier molecular flexibility index (Phi) is 6.26. The predicted molar refractivity (Wildman–Crippen MR) is 61.7 cm³/mol. The molecule has 2 N–H and O–H groups in total. The van der Waals surface area contributed by atoms with Crippen molar-refractivity contribution in [3.05, 3.63) is 0 Å². The molecule has 16 heavy (non-hydrogen) atoms. The van der Waals surface area contributed by atoms with E-state index in [9.17, 15) is 8.42 Å². The Morgan fingerprint density at radius 1 is 1.38 bits per heavy atom. The summed E-state index contributed by atoms with van der Waals surface area (Å²) in [4.78, 5) is 0. The van der Waals surface area contributed by atoms with Crippen molar-refractivity contribution in [3.8, 4) is 0 Å². The molecule has 0 aromatic heterocycles. The molecule has 0 aromatic rings. The molecule has 0 spiro atoms. The number of unbranched alkanes of at least 4 members (excludes halogenated alkanes) is 1. The molecule has 1 fully saturated rings. The summed E-state index contributed by atoms with van der Waals surface area (Å²) >= 11 is 0. The first-order valence-electron chi connectivity index (χ1n) is 5.80. The van der Waals surface area contributed by atoms with E-state index in [2.05, 4.69) is 4.72 Å². The van der Waals surface area contributed by atoms with Gasteiger partial charge in [-0.05, 0) is 31.6 Å². The zero-order chi connectivity index (χ0) is 11.9. The van der Waals surface area contributed by atoms with Crippen molar-refractivity contribution in [2.45, 2.75) is 25.7 Å². The smallest absolute Gasteiger partial charge is 0.211 e. The summed E-state index contributed by atoms with van der Waals surface area (Å²) in [5.74, 6) is 0.405. The average molecular weight is 251 g/mol. The molecule has 0 saturated carbocycles. The van der Waals surface area contributed by atoms with Crippen LogP contribution in [0.2, 0.25) is 0 Å². The fraction of sp³-hybridized carbons (Fsp3) is 1.00. The number of aliphatic hydroxyl groups is 1. The van der Waals surface area contributed by atoms with Gasteiger partial charge >= 0.3 is 0 Å². The molecule has 0 aromatic carbocycles. The van der Waals surface area contributed by atoms with Crippen LogP contribution in [0.5, 0.6) is 0 Å². The maximum Gasteiger partial charge on any atom is 0.211 e. The van der Waals surface area contributed by atoms with E-state index in [0.717, 1.165) is 19.4 Å². The van der Waals surface area contributed by atoms with Crippen molar-refractivity contribution in [3.63, 3.8) is 0 Å². The number of sulfonamides is 1. The van der Waals surface area contributed by atoms with Gasteiger partial charge in [0.05, 0.1) is 12.4 Å². The first-order valence-corrected chi connectivity index (χ1v) is 7.45. The van der Waals surface area contributed by atoms with Crippen LogP contribution >= 0.6 is 0 Å². The first-order chi connectivity index (χ1) is 7.64. The maximum atomic E-state index is 11.5. The van der Waals surface area contributed by atoms with Crippen LogP contribution in [-0.2, 0) is 14.8 Å². The van der Waals surface area contributed by atoms with E-state index in [-0.39, 0.29) is 12.4 Å². The lowest BCUT2D eigenvalue weighted by Gasteiger charge is -2.22. The summed E-state index contributed by atoms with van der Waals surface area (Å²) in [5, 5.41) is 8.57. The molecule has 6 heteroatoms. The van der Waals surface area contributed by atoms with Gasteiger partial charge < -0.3 is 9.84 Å².